The zero-order valence-corrected chi connectivity index (χ0v) is 22.9. The largest absolute Gasteiger partial charge is 0.508 e. The fraction of sp³-hybridized carbons (Fsp3) is 0.393. The van der Waals surface area contributed by atoms with Crippen molar-refractivity contribution in [2.75, 3.05) is 11.9 Å². The number of aromatic hydroxyl groups is 1. The zero-order chi connectivity index (χ0) is 27.9. The minimum Gasteiger partial charge on any atom is -0.508 e. The number of anilines is 1. The summed E-state index contributed by atoms with van der Waals surface area (Å²) in [5.74, 6) is -1.64. The van der Waals surface area contributed by atoms with E-state index in [9.17, 15) is 19.5 Å². The number of hydrogen-bond acceptors (Lipinski definition) is 5. The summed E-state index contributed by atoms with van der Waals surface area (Å²) in [6, 6.07) is 9.20. The molecule has 0 heterocycles. The van der Waals surface area contributed by atoms with Crippen molar-refractivity contribution in [3.8, 4) is 5.75 Å². The van der Waals surface area contributed by atoms with Crippen LogP contribution in [0.2, 0.25) is 5.02 Å². The minimum atomic E-state index is -1.26. The van der Waals surface area contributed by atoms with Crippen molar-refractivity contribution in [2.24, 2.45) is 5.92 Å². The molecule has 2 atom stereocenters. The van der Waals surface area contributed by atoms with Gasteiger partial charge >= 0.3 is 6.09 Å². The first kappa shape index (κ1) is 29.7. The smallest absolute Gasteiger partial charge is 0.408 e. The van der Waals surface area contributed by atoms with E-state index in [1.807, 2.05) is 0 Å². The molecule has 2 aromatic rings. The summed E-state index contributed by atoms with van der Waals surface area (Å²) in [5, 5.41) is 16.4. The second-order valence-electron chi connectivity index (χ2n) is 10.0. The van der Waals surface area contributed by atoms with E-state index < -0.39 is 35.6 Å². The van der Waals surface area contributed by atoms with E-state index in [2.05, 4.69) is 17.2 Å². The third-order valence-electron chi connectivity index (χ3n) is 5.48. The lowest BCUT2D eigenvalue weighted by molar-refractivity contribution is -0.141. The van der Waals surface area contributed by atoms with E-state index in [4.69, 9.17) is 16.3 Å². The molecule has 0 spiro atoms. The summed E-state index contributed by atoms with van der Waals surface area (Å²) in [6.45, 7) is 14.2. The Morgan fingerprint density at radius 3 is 2.32 bits per heavy atom. The van der Waals surface area contributed by atoms with Crippen LogP contribution in [0.3, 0.4) is 0 Å². The predicted octanol–water partition coefficient (Wildman–Crippen LogP) is 5.60. The van der Waals surface area contributed by atoms with E-state index >= 15 is 0 Å². The summed E-state index contributed by atoms with van der Waals surface area (Å²) in [4.78, 5) is 41.5. The average Bonchev–Trinajstić information content (AvgIpc) is 2.79. The molecule has 2 aromatic carbocycles. The number of rotatable bonds is 9. The predicted molar refractivity (Wildman–Crippen MR) is 146 cm³/mol. The molecule has 0 aliphatic heterocycles. The van der Waals surface area contributed by atoms with E-state index in [0.29, 0.717) is 10.7 Å². The van der Waals surface area contributed by atoms with E-state index in [-0.39, 0.29) is 23.8 Å². The van der Waals surface area contributed by atoms with E-state index in [0.717, 1.165) is 5.56 Å². The molecule has 8 nitrogen and oxygen atoms in total. The van der Waals surface area contributed by atoms with Gasteiger partial charge in [-0.15, -0.1) is 6.58 Å². The van der Waals surface area contributed by atoms with Crippen LogP contribution in [0, 0.1) is 12.8 Å². The van der Waals surface area contributed by atoms with Crippen LogP contribution in [-0.4, -0.2) is 46.1 Å². The molecule has 2 rings (SSSR count). The summed E-state index contributed by atoms with van der Waals surface area (Å²) >= 11 is 6.34. The number of benzene rings is 2. The third-order valence-corrected chi connectivity index (χ3v) is 5.79. The number of aryl methyl sites for hydroxylation is 1. The molecule has 0 saturated heterocycles. The highest BCUT2D eigenvalue weighted by Crippen LogP contribution is 2.33. The van der Waals surface area contributed by atoms with Gasteiger partial charge in [0.1, 0.15) is 23.4 Å². The van der Waals surface area contributed by atoms with Crippen molar-refractivity contribution in [3.05, 3.63) is 71.3 Å². The summed E-state index contributed by atoms with van der Waals surface area (Å²) in [5.41, 5.74) is 0.568. The quantitative estimate of drug-likeness (QED) is 0.366. The van der Waals surface area contributed by atoms with Crippen LogP contribution in [0.4, 0.5) is 10.5 Å². The molecule has 37 heavy (non-hydrogen) atoms. The van der Waals surface area contributed by atoms with Crippen molar-refractivity contribution < 1.29 is 24.2 Å². The van der Waals surface area contributed by atoms with E-state index in [1.54, 1.807) is 77.9 Å². The number of hydrogen-bond donors (Lipinski definition) is 3. The van der Waals surface area contributed by atoms with Gasteiger partial charge < -0.3 is 25.4 Å². The fourth-order valence-electron chi connectivity index (χ4n) is 3.74. The van der Waals surface area contributed by atoms with Gasteiger partial charge in [0.2, 0.25) is 5.91 Å². The maximum atomic E-state index is 13.9. The van der Waals surface area contributed by atoms with Crippen LogP contribution in [-0.2, 0) is 14.3 Å². The molecule has 0 bridgehead atoms. The number of carbonyl (C=O) groups excluding carboxylic acids is 3. The van der Waals surface area contributed by atoms with Crippen LogP contribution in [0.5, 0.6) is 5.75 Å². The van der Waals surface area contributed by atoms with Gasteiger partial charge in [-0.25, -0.2) is 4.79 Å². The van der Waals surface area contributed by atoms with Crippen molar-refractivity contribution in [1.29, 1.82) is 0 Å². The first-order chi connectivity index (χ1) is 17.3. The Balaban J connectivity index is 2.55. The van der Waals surface area contributed by atoms with Crippen molar-refractivity contribution in [2.45, 2.75) is 59.2 Å². The lowest BCUT2D eigenvalue weighted by Crippen LogP contribution is -2.54. The molecule has 0 saturated carbocycles. The number of nitrogens with zero attached hydrogens (tertiary/aromatic N) is 1. The Kier molecular flexibility index (Phi) is 10.1. The lowest BCUT2D eigenvalue weighted by atomic mass is 9.98. The molecule has 200 valence electrons. The Bertz CT molecular complexity index is 1120. The van der Waals surface area contributed by atoms with Gasteiger partial charge in [-0.05, 0) is 51.3 Å². The first-order valence-electron chi connectivity index (χ1n) is 12.0. The summed E-state index contributed by atoms with van der Waals surface area (Å²) in [7, 11) is 0. The first-order valence-corrected chi connectivity index (χ1v) is 12.4. The molecule has 0 aliphatic carbocycles. The molecular formula is C28H36ClN3O5. The number of halogens is 1. The molecule has 0 radical (unpaired) electrons. The molecule has 0 fully saturated rings. The lowest BCUT2D eigenvalue weighted by Gasteiger charge is -2.35. The SMILES string of the molecule is C=CCN(C(=O)C(NC(=O)OC(C)(C)C)C(C)C)C(C(=O)Nc1c(C)cccc1Cl)c1ccccc1O. The molecule has 0 aromatic heterocycles. The molecule has 2 unspecified atom stereocenters. The summed E-state index contributed by atoms with van der Waals surface area (Å²) in [6.07, 6.45) is 0.720. The van der Waals surface area contributed by atoms with Crippen LogP contribution in [0.15, 0.2) is 55.1 Å². The number of nitrogens with one attached hydrogen (secondary N) is 2. The monoisotopic (exact) mass is 529 g/mol. The number of carbonyl (C=O) groups is 3. The Hall–Kier alpha value is -3.52. The number of phenols is 1. The number of alkyl carbamates (subject to hydrolysis) is 1. The van der Waals surface area contributed by atoms with Gasteiger partial charge in [0, 0.05) is 12.1 Å². The highest BCUT2D eigenvalue weighted by Gasteiger charge is 2.38. The standard InChI is InChI=1S/C28H36ClN3O5/c1-8-16-32(26(35)22(17(2)3)31-27(36)37-28(5,6)7)24(19-13-9-10-15-21(19)33)25(34)30-23-18(4)12-11-14-20(23)29/h8-15,17,22,24,33H,1,16H2,2-7H3,(H,30,34)(H,31,36). The molecular weight excluding hydrogens is 494 g/mol. The van der Waals surface area contributed by atoms with Crippen LogP contribution in [0.25, 0.3) is 0 Å². The maximum Gasteiger partial charge on any atom is 0.408 e. The zero-order valence-electron chi connectivity index (χ0n) is 22.2. The average molecular weight is 530 g/mol. The van der Waals surface area contributed by atoms with Crippen molar-refractivity contribution in [3.63, 3.8) is 0 Å². The number of amides is 3. The molecule has 3 N–H and O–H groups in total. The van der Waals surface area contributed by atoms with Gasteiger partial charge in [-0.2, -0.15) is 0 Å². The Morgan fingerprint density at radius 2 is 1.78 bits per heavy atom. The Morgan fingerprint density at radius 1 is 1.14 bits per heavy atom. The van der Waals surface area contributed by atoms with Gasteiger partial charge in [0.15, 0.2) is 0 Å². The molecule has 3 amide bonds. The van der Waals surface area contributed by atoms with Crippen molar-refractivity contribution >= 4 is 35.2 Å². The van der Waals surface area contributed by atoms with Gasteiger partial charge in [0.05, 0.1) is 10.7 Å². The normalized spacial score (nSPS) is 12.9. The maximum absolute atomic E-state index is 13.9. The minimum absolute atomic E-state index is 0.0357. The number of ether oxygens (including phenoxy) is 1. The second kappa shape index (κ2) is 12.6. The van der Waals surface area contributed by atoms with Crippen LogP contribution < -0.4 is 10.6 Å². The fourth-order valence-corrected chi connectivity index (χ4v) is 4.01. The summed E-state index contributed by atoms with van der Waals surface area (Å²) < 4.78 is 5.35. The molecule has 0 aliphatic rings. The second-order valence-corrected chi connectivity index (χ2v) is 10.4. The number of para-hydroxylation sites is 2. The Labute approximate surface area is 223 Å². The van der Waals surface area contributed by atoms with Crippen molar-refractivity contribution in [1.82, 2.24) is 10.2 Å². The highest BCUT2D eigenvalue weighted by molar-refractivity contribution is 6.34. The van der Waals surface area contributed by atoms with Gasteiger partial charge in [-0.1, -0.05) is 61.9 Å². The van der Waals surface area contributed by atoms with Gasteiger partial charge in [-0.3, -0.25) is 9.59 Å². The third kappa shape index (κ3) is 7.98. The van der Waals surface area contributed by atoms with Gasteiger partial charge in [0.25, 0.3) is 5.91 Å². The van der Waals surface area contributed by atoms with E-state index in [1.165, 1.54) is 17.0 Å². The highest BCUT2D eigenvalue weighted by atomic mass is 35.5. The number of phenolic OH excluding ortho intramolecular Hbond substituents is 1. The van der Waals surface area contributed by atoms with Crippen LogP contribution >= 0.6 is 11.6 Å². The molecule has 9 heteroatoms. The van der Waals surface area contributed by atoms with Crippen LogP contribution in [0.1, 0.15) is 51.8 Å². The topological polar surface area (TPSA) is 108 Å².